The average molecular weight is 263 g/mol. The molecule has 0 aliphatic carbocycles. The van der Waals surface area contributed by atoms with Crippen LogP contribution in [0.25, 0.3) is 0 Å². The molecular weight excluding hydrogens is 246 g/mol. The number of carbonyl (C=O) groups excluding carboxylic acids is 2. The minimum absolute atomic E-state index is 0.477. The smallest absolute Gasteiger partial charge is 0.303 e. The summed E-state index contributed by atoms with van der Waals surface area (Å²) in [7, 11) is 0. The maximum atomic E-state index is 11.0. The summed E-state index contributed by atoms with van der Waals surface area (Å²) in [6.07, 6.45) is -5.11. The van der Waals surface area contributed by atoms with E-state index >= 15 is 0 Å². The molecule has 1 aliphatic rings. The van der Waals surface area contributed by atoms with E-state index in [1.807, 2.05) is 0 Å². The van der Waals surface area contributed by atoms with Crippen LogP contribution in [0.3, 0.4) is 0 Å². The predicted octanol–water partition coefficient (Wildman–Crippen LogP) is -2.51. The fraction of sp³-hybridized carbons (Fsp3) is 0.800. The summed E-state index contributed by atoms with van der Waals surface area (Å²) in [6.45, 7) is 1.79. The van der Waals surface area contributed by atoms with Crippen molar-refractivity contribution >= 4 is 11.9 Å². The van der Waals surface area contributed by atoms with Gasteiger partial charge >= 0.3 is 5.97 Å². The fourth-order valence-corrected chi connectivity index (χ4v) is 1.80. The van der Waals surface area contributed by atoms with Gasteiger partial charge in [-0.2, -0.15) is 0 Å². The summed E-state index contributed by atoms with van der Waals surface area (Å²) in [6, 6.07) is -1.09. The summed E-state index contributed by atoms with van der Waals surface area (Å²) in [5.74, 6) is -1.16. The molecule has 0 aromatic rings. The van der Waals surface area contributed by atoms with Crippen molar-refractivity contribution in [1.82, 2.24) is 5.32 Å². The lowest BCUT2D eigenvalue weighted by Crippen LogP contribution is -2.65. The van der Waals surface area contributed by atoms with E-state index in [-0.39, 0.29) is 0 Å². The number of aliphatic hydroxyl groups is 3. The quantitative estimate of drug-likeness (QED) is 0.414. The molecule has 0 spiro atoms. The molecule has 1 saturated heterocycles. The molecule has 1 heterocycles. The lowest BCUT2D eigenvalue weighted by Gasteiger charge is -2.41. The van der Waals surface area contributed by atoms with Crippen molar-refractivity contribution in [3.63, 3.8) is 0 Å². The van der Waals surface area contributed by atoms with Crippen molar-refractivity contribution in [2.75, 3.05) is 6.61 Å². The third-order valence-electron chi connectivity index (χ3n) is 2.54. The number of ether oxygens (including phenoxy) is 2. The minimum Gasteiger partial charge on any atom is -0.457 e. The van der Waals surface area contributed by atoms with Crippen molar-refractivity contribution in [2.45, 2.75) is 44.5 Å². The van der Waals surface area contributed by atoms with Gasteiger partial charge in [0.15, 0.2) is 12.4 Å². The van der Waals surface area contributed by atoms with Gasteiger partial charge in [-0.1, -0.05) is 0 Å². The van der Waals surface area contributed by atoms with E-state index in [0.717, 1.165) is 6.92 Å². The zero-order valence-corrected chi connectivity index (χ0v) is 10.1. The van der Waals surface area contributed by atoms with Gasteiger partial charge < -0.3 is 30.1 Å². The molecule has 1 aliphatic heterocycles. The third kappa shape index (κ3) is 3.39. The lowest BCUT2D eigenvalue weighted by atomic mass is 9.96. The van der Waals surface area contributed by atoms with Crippen molar-refractivity contribution in [2.24, 2.45) is 0 Å². The van der Waals surface area contributed by atoms with Crippen molar-refractivity contribution in [3.05, 3.63) is 0 Å². The molecule has 8 heteroatoms. The molecule has 18 heavy (non-hydrogen) atoms. The van der Waals surface area contributed by atoms with Gasteiger partial charge in [0.1, 0.15) is 18.2 Å². The second-order valence-electron chi connectivity index (χ2n) is 4.04. The highest BCUT2D eigenvalue weighted by Crippen LogP contribution is 2.22. The Morgan fingerprint density at radius 1 is 1.33 bits per heavy atom. The summed E-state index contributed by atoms with van der Waals surface area (Å²) in [5, 5.41) is 30.8. The topological polar surface area (TPSA) is 125 Å². The Labute approximate surface area is 104 Å². The van der Waals surface area contributed by atoms with E-state index in [2.05, 4.69) is 5.32 Å². The summed E-state index contributed by atoms with van der Waals surface area (Å²) in [5.41, 5.74) is 0. The van der Waals surface area contributed by atoms with Crippen LogP contribution in [0.15, 0.2) is 0 Å². The van der Waals surface area contributed by atoms with Gasteiger partial charge in [-0.25, -0.2) is 0 Å². The van der Waals surface area contributed by atoms with Gasteiger partial charge in [0.25, 0.3) is 0 Å². The first-order valence-electron chi connectivity index (χ1n) is 5.43. The van der Waals surface area contributed by atoms with E-state index in [4.69, 9.17) is 14.6 Å². The Hall–Kier alpha value is -1.22. The number of carbonyl (C=O) groups is 2. The van der Waals surface area contributed by atoms with E-state index in [0.29, 0.717) is 0 Å². The van der Waals surface area contributed by atoms with Crippen molar-refractivity contribution in [3.8, 4) is 0 Å². The van der Waals surface area contributed by atoms with Crippen molar-refractivity contribution < 1.29 is 34.4 Å². The standard InChI is InChI=1S/C10H17NO7/c1-4(13)11-7-9(17-5(2)14)8(15)6(3-12)18-10(7)16/h6-10,12,15-16H,3H2,1-2H3,(H,11,13)/t6-,7+,8+,9-,10-/m1/s1. The number of esters is 1. The molecule has 0 unspecified atom stereocenters. The molecule has 5 atom stereocenters. The van der Waals surface area contributed by atoms with Gasteiger partial charge in [-0.05, 0) is 0 Å². The van der Waals surface area contributed by atoms with Crippen LogP contribution in [0, 0.1) is 0 Å². The van der Waals surface area contributed by atoms with E-state index < -0.39 is 49.1 Å². The van der Waals surface area contributed by atoms with Gasteiger partial charge in [0.05, 0.1) is 6.61 Å². The van der Waals surface area contributed by atoms with E-state index in [1.165, 1.54) is 6.92 Å². The number of amides is 1. The van der Waals surface area contributed by atoms with Crippen LogP contribution >= 0.6 is 0 Å². The first kappa shape index (κ1) is 14.8. The zero-order chi connectivity index (χ0) is 13.9. The van der Waals surface area contributed by atoms with Gasteiger partial charge in [-0.15, -0.1) is 0 Å². The molecule has 0 aromatic carbocycles. The van der Waals surface area contributed by atoms with Crippen LogP contribution in [0.1, 0.15) is 13.8 Å². The molecule has 0 radical (unpaired) electrons. The third-order valence-corrected chi connectivity index (χ3v) is 2.54. The maximum absolute atomic E-state index is 11.0. The van der Waals surface area contributed by atoms with Crippen LogP contribution in [-0.4, -0.2) is 64.4 Å². The second-order valence-corrected chi connectivity index (χ2v) is 4.04. The van der Waals surface area contributed by atoms with Crippen LogP contribution in [0.5, 0.6) is 0 Å². The number of hydrogen-bond donors (Lipinski definition) is 4. The molecule has 0 saturated carbocycles. The van der Waals surface area contributed by atoms with Gasteiger partial charge in [-0.3, -0.25) is 9.59 Å². The fourth-order valence-electron chi connectivity index (χ4n) is 1.80. The normalized spacial score (nSPS) is 35.9. The van der Waals surface area contributed by atoms with Gasteiger partial charge in [0.2, 0.25) is 5.91 Å². The Morgan fingerprint density at radius 3 is 2.39 bits per heavy atom. The Balaban J connectivity index is 2.89. The van der Waals surface area contributed by atoms with E-state index in [1.54, 1.807) is 0 Å². The maximum Gasteiger partial charge on any atom is 0.303 e. The van der Waals surface area contributed by atoms with Crippen LogP contribution < -0.4 is 5.32 Å². The molecule has 8 nitrogen and oxygen atoms in total. The first-order valence-corrected chi connectivity index (χ1v) is 5.43. The molecular formula is C10H17NO7. The highest BCUT2D eigenvalue weighted by atomic mass is 16.6. The molecule has 0 aromatic heterocycles. The predicted molar refractivity (Wildman–Crippen MR) is 57.1 cm³/mol. The molecule has 1 rings (SSSR count). The van der Waals surface area contributed by atoms with E-state index in [9.17, 15) is 19.8 Å². The Bertz CT molecular complexity index is 321. The minimum atomic E-state index is -1.49. The average Bonchev–Trinajstić information content (AvgIpc) is 2.27. The van der Waals surface area contributed by atoms with Gasteiger partial charge in [0, 0.05) is 13.8 Å². The Kier molecular flexibility index (Phi) is 5.03. The highest BCUT2D eigenvalue weighted by molar-refractivity contribution is 5.73. The number of nitrogens with one attached hydrogen (secondary N) is 1. The zero-order valence-electron chi connectivity index (χ0n) is 10.1. The molecule has 0 bridgehead atoms. The largest absolute Gasteiger partial charge is 0.457 e. The van der Waals surface area contributed by atoms with Crippen molar-refractivity contribution in [1.29, 1.82) is 0 Å². The van der Waals surface area contributed by atoms with Crippen LogP contribution in [-0.2, 0) is 19.1 Å². The molecule has 4 N–H and O–H groups in total. The number of aliphatic hydroxyl groups excluding tert-OH is 3. The highest BCUT2D eigenvalue weighted by Gasteiger charge is 2.46. The SMILES string of the molecule is CC(=O)N[C@H]1[C@@H](OC(C)=O)[C@@H](O)[C@@H](CO)O[C@H]1O. The molecule has 104 valence electrons. The van der Waals surface area contributed by atoms with Crippen LogP contribution in [0.4, 0.5) is 0 Å². The van der Waals surface area contributed by atoms with Crippen LogP contribution in [0.2, 0.25) is 0 Å². The summed E-state index contributed by atoms with van der Waals surface area (Å²) in [4.78, 5) is 22.0. The summed E-state index contributed by atoms with van der Waals surface area (Å²) >= 11 is 0. The second kappa shape index (κ2) is 6.10. The number of hydrogen-bond acceptors (Lipinski definition) is 7. The molecule has 1 amide bonds. The lowest BCUT2D eigenvalue weighted by molar-refractivity contribution is -0.258. The Morgan fingerprint density at radius 2 is 1.94 bits per heavy atom. The monoisotopic (exact) mass is 263 g/mol. The molecule has 1 fully saturated rings. The first-order chi connectivity index (χ1) is 8.36. The number of rotatable bonds is 3. The summed E-state index contributed by atoms with van der Waals surface area (Å²) < 4.78 is 9.79.